The Morgan fingerprint density at radius 2 is 1.81 bits per heavy atom. The molecular weight excluding hydrogens is 400 g/mol. The van der Waals surface area contributed by atoms with Gasteiger partial charge in [0.2, 0.25) is 5.89 Å². The van der Waals surface area contributed by atoms with Crippen molar-refractivity contribution in [2.24, 2.45) is 4.99 Å². The van der Waals surface area contributed by atoms with Gasteiger partial charge < -0.3 is 19.6 Å². The molecule has 0 radical (unpaired) electrons. The molecule has 0 amide bonds. The van der Waals surface area contributed by atoms with Crippen LogP contribution in [-0.4, -0.2) is 27.5 Å². The summed E-state index contributed by atoms with van der Waals surface area (Å²) < 4.78 is 7.80. The van der Waals surface area contributed by atoms with Crippen LogP contribution < -0.4 is 10.6 Å². The van der Waals surface area contributed by atoms with E-state index in [0.29, 0.717) is 24.9 Å². The number of nitrogens with zero attached hydrogens (tertiary/aromatic N) is 4. The number of hydrogen-bond acceptors (Lipinski definition) is 4. The summed E-state index contributed by atoms with van der Waals surface area (Å²) in [5.41, 5.74) is 4.30. The Bertz CT molecular complexity index is 1140. The van der Waals surface area contributed by atoms with Crippen LogP contribution in [0.4, 0.5) is 0 Å². The molecule has 4 aromatic rings. The minimum atomic E-state index is 0.511. The fraction of sp³-hybridized carbons (Fsp3) is 0.240. The fourth-order valence-electron chi connectivity index (χ4n) is 3.38. The minimum absolute atomic E-state index is 0.511. The van der Waals surface area contributed by atoms with Crippen molar-refractivity contribution in [3.63, 3.8) is 0 Å². The first kappa shape index (κ1) is 21.4. The van der Waals surface area contributed by atoms with Gasteiger partial charge in [0.1, 0.15) is 12.1 Å². The van der Waals surface area contributed by atoms with E-state index in [1.807, 2.05) is 42.7 Å². The van der Waals surface area contributed by atoms with Crippen LogP contribution in [0.2, 0.25) is 0 Å². The van der Waals surface area contributed by atoms with Gasteiger partial charge in [-0.15, -0.1) is 0 Å². The van der Waals surface area contributed by atoms with Crippen molar-refractivity contribution in [1.29, 1.82) is 0 Å². The number of guanidine groups is 1. The minimum Gasteiger partial charge on any atom is -0.444 e. The van der Waals surface area contributed by atoms with Gasteiger partial charge in [-0.1, -0.05) is 48.0 Å². The zero-order valence-electron chi connectivity index (χ0n) is 18.5. The van der Waals surface area contributed by atoms with Crippen LogP contribution in [0.25, 0.3) is 11.5 Å². The Balaban J connectivity index is 1.28. The lowest BCUT2D eigenvalue weighted by molar-refractivity contribution is 0.572. The van der Waals surface area contributed by atoms with E-state index in [2.05, 4.69) is 61.4 Å². The van der Waals surface area contributed by atoms with Gasteiger partial charge in [0.25, 0.3) is 0 Å². The largest absolute Gasteiger partial charge is 0.444 e. The summed E-state index contributed by atoms with van der Waals surface area (Å²) in [5.74, 6) is 2.26. The first-order valence-corrected chi connectivity index (χ1v) is 10.7. The van der Waals surface area contributed by atoms with E-state index in [0.717, 1.165) is 30.0 Å². The molecular formula is C25H28N6O. The maximum Gasteiger partial charge on any atom is 0.226 e. The summed E-state index contributed by atoms with van der Waals surface area (Å²) in [6.07, 6.45) is 6.48. The third-order valence-electron chi connectivity index (χ3n) is 5.21. The first-order chi connectivity index (χ1) is 15.7. The van der Waals surface area contributed by atoms with Crippen molar-refractivity contribution in [1.82, 2.24) is 25.2 Å². The summed E-state index contributed by atoms with van der Waals surface area (Å²) in [6.45, 7) is 4.03. The lowest BCUT2D eigenvalue weighted by atomic mass is 10.1. The molecule has 7 heteroatoms. The van der Waals surface area contributed by atoms with Gasteiger partial charge in [0, 0.05) is 31.5 Å². The van der Waals surface area contributed by atoms with Gasteiger partial charge in [-0.05, 0) is 31.0 Å². The van der Waals surface area contributed by atoms with Crippen molar-refractivity contribution in [2.45, 2.75) is 33.0 Å². The Hall–Kier alpha value is -3.87. The van der Waals surface area contributed by atoms with E-state index in [1.165, 1.54) is 11.1 Å². The van der Waals surface area contributed by atoms with Crippen molar-refractivity contribution < 1.29 is 4.42 Å². The molecule has 0 saturated carbocycles. The Morgan fingerprint density at radius 3 is 2.59 bits per heavy atom. The van der Waals surface area contributed by atoms with E-state index in [1.54, 1.807) is 13.3 Å². The molecule has 4 rings (SSSR count). The molecule has 7 nitrogen and oxygen atoms in total. The van der Waals surface area contributed by atoms with Gasteiger partial charge in [0.05, 0.1) is 18.8 Å². The van der Waals surface area contributed by atoms with Crippen LogP contribution in [0.3, 0.4) is 0 Å². The van der Waals surface area contributed by atoms with Crippen LogP contribution in [0.1, 0.15) is 22.6 Å². The van der Waals surface area contributed by atoms with Gasteiger partial charge in [0.15, 0.2) is 5.96 Å². The Morgan fingerprint density at radius 1 is 1.03 bits per heavy atom. The highest BCUT2D eigenvalue weighted by atomic mass is 16.3. The van der Waals surface area contributed by atoms with E-state index < -0.39 is 0 Å². The van der Waals surface area contributed by atoms with Gasteiger partial charge in [-0.25, -0.2) is 9.97 Å². The SMILES string of the molecule is CN=C(NCc1coc(-c2ccc(C)cc2)n1)NCc1nccn1CCc1ccccc1. The highest BCUT2D eigenvalue weighted by Gasteiger charge is 2.08. The van der Waals surface area contributed by atoms with Crippen LogP contribution in [0.15, 0.2) is 82.7 Å². The lowest BCUT2D eigenvalue weighted by Gasteiger charge is -2.12. The Kier molecular flexibility index (Phi) is 6.97. The zero-order valence-corrected chi connectivity index (χ0v) is 18.5. The summed E-state index contributed by atoms with van der Waals surface area (Å²) >= 11 is 0. The number of rotatable bonds is 8. The molecule has 2 heterocycles. The molecule has 0 atom stereocenters. The van der Waals surface area contributed by atoms with E-state index in [4.69, 9.17) is 4.42 Å². The van der Waals surface area contributed by atoms with Crippen molar-refractivity contribution in [3.8, 4) is 11.5 Å². The molecule has 0 aliphatic heterocycles. The van der Waals surface area contributed by atoms with Crippen LogP contribution in [0.5, 0.6) is 0 Å². The van der Waals surface area contributed by atoms with Crippen molar-refractivity contribution in [2.75, 3.05) is 7.05 Å². The average Bonchev–Trinajstić information content (AvgIpc) is 3.48. The summed E-state index contributed by atoms with van der Waals surface area (Å²) in [7, 11) is 1.75. The van der Waals surface area contributed by atoms with Crippen LogP contribution >= 0.6 is 0 Å². The van der Waals surface area contributed by atoms with Crippen LogP contribution in [-0.2, 0) is 26.1 Å². The average molecular weight is 429 g/mol. The highest BCUT2D eigenvalue weighted by molar-refractivity contribution is 5.79. The van der Waals surface area contributed by atoms with Gasteiger partial charge in [-0.2, -0.15) is 0 Å². The number of nitrogens with one attached hydrogen (secondary N) is 2. The van der Waals surface area contributed by atoms with E-state index in [9.17, 15) is 0 Å². The number of imidazole rings is 1. The maximum atomic E-state index is 5.63. The predicted octanol–water partition coefficient (Wildman–Crippen LogP) is 3.95. The number of benzene rings is 2. The molecule has 0 aliphatic rings. The maximum absolute atomic E-state index is 5.63. The molecule has 0 aliphatic carbocycles. The number of aryl methyl sites for hydroxylation is 3. The number of hydrogen-bond donors (Lipinski definition) is 2. The molecule has 2 N–H and O–H groups in total. The second-order valence-electron chi connectivity index (χ2n) is 7.56. The van der Waals surface area contributed by atoms with E-state index >= 15 is 0 Å². The van der Waals surface area contributed by atoms with Gasteiger partial charge in [-0.3, -0.25) is 4.99 Å². The standard InChI is InChI=1S/C25H28N6O/c1-19-8-10-21(11-9-19)24-30-22(18-32-24)16-28-25(26-2)29-17-23-27-13-15-31(23)14-12-20-6-4-3-5-7-20/h3-11,13,15,18H,12,14,16-17H2,1-2H3,(H2,26,28,29). The second-order valence-corrected chi connectivity index (χ2v) is 7.56. The fourth-order valence-corrected chi connectivity index (χ4v) is 3.38. The lowest BCUT2D eigenvalue weighted by Crippen LogP contribution is -2.37. The third-order valence-corrected chi connectivity index (χ3v) is 5.21. The zero-order chi connectivity index (χ0) is 22.2. The monoisotopic (exact) mass is 428 g/mol. The number of aromatic nitrogens is 3. The molecule has 0 unspecified atom stereocenters. The van der Waals surface area contributed by atoms with Crippen molar-refractivity contribution in [3.05, 3.63) is 95.9 Å². The summed E-state index contributed by atoms with van der Waals surface area (Å²) in [6, 6.07) is 18.6. The van der Waals surface area contributed by atoms with Crippen molar-refractivity contribution >= 4 is 5.96 Å². The quantitative estimate of drug-likeness (QED) is 0.328. The highest BCUT2D eigenvalue weighted by Crippen LogP contribution is 2.19. The molecule has 0 saturated heterocycles. The Labute approximate surface area is 188 Å². The topological polar surface area (TPSA) is 80.3 Å². The molecule has 0 spiro atoms. The predicted molar refractivity (Wildman–Crippen MR) is 126 cm³/mol. The molecule has 2 aromatic carbocycles. The molecule has 0 fully saturated rings. The van der Waals surface area contributed by atoms with Crippen LogP contribution in [0, 0.1) is 6.92 Å². The first-order valence-electron chi connectivity index (χ1n) is 10.7. The molecule has 32 heavy (non-hydrogen) atoms. The molecule has 2 aromatic heterocycles. The summed E-state index contributed by atoms with van der Waals surface area (Å²) in [4.78, 5) is 13.4. The molecule has 164 valence electrons. The summed E-state index contributed by atoms with van der Waals surface area (Å²) in [5, 5.41) is 6.60. The number of aliphatic imine (C=N–C) groups is 1. The normalized spacial score (nSPS) is 11.5. The smallest absolute Gasteiger partial charge is 0.226 e. The van der Waals surface area contributed by atoms with E-state index in [-0.39, 0.29) is 0 Å². The number of oxazole rings is 1. The molecule has 0 bridgehead atoms. The second kappa shape index (κ2) is 10.4. The van der Waals surface area contributed by atoms with Gasteiger partial charge >= 0.3 is 0 Å². The third kappa shape index (κ3) is 5.63.